The van der Waals surface area contributed by atoms with Gasteiger partial charge in [0.15, 0.2) is 23.3 Å². The molecule has 202 valence electrons. The smallest absolute Gasteiger partial charge is 0.266 e. The van der Waals surface area contributed by atoms with Crippen LogP contribution in [0, 0.1) is 12.7 Å². The van der Waals surface area contributed by atoms with Gasteiger partial charge in [-0.05, 0) is 109 Å². The number of nitrogens with one attached hydrogen (secondary N) is 1. The predicted octanol–water partition coefficient (Wildman–Crippen LogP) is 6.94. The Morgan fingerprint density at radius 1 is 1.10 bits per heavy atom. The number of aryl methyl sites for hydroxylation is 1. The van der Waals surface area contributed by atoms with E-state index >= 15 is 0 Å². The number of hydrogen-bond donors (Lipinski definition) is 1. The van der Waals surface area contributed by atoms with Crippen molar-refractivity contribution in [3.8, 4) is 11.5 Å². The lowest BCUT2D eigenvalue weighted by Gasteiger charge is -2.15. The van der Waals surface area contributed by atoms with Crippen molar-refractivity contribution in [2.75, 3.05) is 25.1 Å². The topological polar surface area (TPSA) is 80.2 Å². The van der Waals surface area contributed by atoms with E-state index in [2.05, 4.69) is 26.2 Å². The van der Waals surface area contributed by atoms with Gasteiger partial charge in [0, 0.05) is 12.2 Å². The van der Waals surface area contributed by atoms with E-state index in [1.54, 1.807) is 35.2 Å². The Balaban J connectivity index is 1.53. The zero-order chi connectivity index (χ0) is 27.9. The van der Waals surface area contributed by atoms with E-state index in [-0.39, 0.29) is 24.2 Å². The first-order valence-corrected chi connectivity index (χ1v) is 13.9. The standard InChI is InChI=1S/C29H27BrFN3O4S/c1-4-34-28(36)25(39-29(34)33-22-12-8-20(31)9-13-22)16-19-14-23(30)27(24(15-19)37-5-2)38-17-26(35)32-21-10-6-18(3)7-11-21/h6-16H,4-5,17H2,1-3H3,(H,32,35)/b25-16+,33-29?. The molecule has 7 nitrogen and oxygen atoms in total. The summed E-state index contributed by atoms with van der Waals surface area (Å²) in [5.74, 6) is -0.00961. The second-order valence-electron chi connectivity index (χ2n) is 8.50. The molecule has 0 unspecified atom stereocenters. The molecule has 3 aromatic rings. The van der Waals surface area contributed by atoms with E-state index < -0.39 is 0 Å². The van der Waals surface area contributed by atoms with Crippen LogP contribution in [0.15, 0.2) is 75.0 Å². The number of ether oxygens (including phenoxy) is 2. The maximum atomic E-state index is 13.3. The minimum absolute atomic E-state index is 0.175. The van der Waals surface area contributed by atoms with Crippen LogP contribution >= 0.6 is 27.7 Å². The zero-order valence-electron chi connectivity index (χ0n) is 21.7. The molecule has 4 rings (SSSR count). The maximum Gasteiger partial charge on any atom is 0.266 e. The van der Waals surface area contributed by atoms with Crippen LogP contribution in [-0.4, -0.2) is 41.6 Å². The van der Waals surface area contributed by atoms with Crippen molar-refractivity contribution >= 4 is 62.1 Å². The molecule has 1 saturated heterocycles. The third-order valence-corrected chi connectivity index (χ3v) is 7.16. The summed E-state index contributed by atoms with van der Waals surface area (Å²) >= 11 is 4.77. The lowest BCUT2D eigenvalue weighted by Crippen LogP contribution is -2.28. The van der Waals surface area contributed by atoms with Crippen molar-refractivity contribution in [1.82, 2.24) is 4.90 Å². The molecule has 2 amide bonds. The molecule has 0 aliphatic carbocycles. The van der Waals surface area contributed by atoms with Crippen LogP contribution in [0.25, 0.3) is 6.08 Å². The summed E-state index contributed by atoms with van der Waals surface area (Å²) in [6, 6.07) is 16.8. The molecule has 3 aromatic carbocycles. The first-order chi connectivity index (χ1) is 18.8. The van der Waals surface area contributed by atoms with E-state index in [0.29, 0.717) is 56.1 Å². The van der Waals surface area contributed by atoms with Crippen molar-refractivity contribution in [2.24, 2.45) is 4.99 Å². The van der Waals surface area contributed by atoms with Gasteiger partial charge in [-0.15, -0.1) is 0 Å². The number of amidine groups is 1. The van der Waals surface area contributed by atoms with Crippen LogP contribution in [0.3, 0.4) is 0 Å². The van der Waals surface area contributed by atoms with E-state index in [1.165, 1.54) is 23.9 Å². The summed E-state index contributed by atoms with van der Waals surface area (Å²) in [5.41, 5.74) is 3.04. The van der Waals surface area contributed by atoms with Gasteiger partial charge >= 0.3 is 0 Å². The molecule has 1 N–H and O–H groups in total. The molecular formula is C29H27BrFN3O4S. The van der Waals surface area contributed by atoms with Crippen LogP contribution in [0.5, 0.6) is 11.5 Å². The lowest BCUT2D eigenvalue weighted by atomic mass is 10.2. The fraction of sp³-hybridized carbons (Fsp3) is 0.207. The Bertz CT molecular complexity index is 1430. The molecule has 1 heterocycles. The Kier molecular flexibility index (Phi) is 9.42. The molecule has 39 heavy (non-hydrogen) atoms. The summed E-state index contributed by atoms with van der Waals surface area (Å²) in [7, 11) is 0. The maximum absolute atomic E-state index is 13.3. The quantitative estimate of drug-likeness (QED) is 0.265. The number of likely N-dealkylation sites (N-methyl/N-ethyl adjacent to an activating group) is 1. The Morgan fingerprint density at radius 2 is 1.82 bits per heavy atom. The molecular weight excluding hydrogens is 585 g/mol. The second kappa shape index (κ2) is 12.9. The SMILES string of the molecule is CCOc1cc(/C=C2/SC(=Nc3ccc(F)cc3)N(CC)C2=O)cc(Br)c1OCC(=O)Nc1ccc(C)cc1. The number of amides is 2. The van der Waals surface area contributed by atoms with E-state index in [1.807, 2.05) is 45.0 Å². The highest BCUT2D eigenvalue weighted by Crippen LogP contribution is 2.39. The van der Waals surface area contributed by atoms with Crippen LogP contribution in [0.2, 0.25) is 0 Å². The van der Waals surface area contributed by atoms with Crippen molar-refractivity contribution in [3.63, 3.8) is 0 Å². The van der Waals surface area contributed by atoms with Crippen molar-refractivity contribution in [1.29, 1.82) is 0 Å². The number of nitrogens with zero attached hydrogens (tertiary/aromatic N) is 2. The average molecular weight is 613 g/mol. The summed E-state index contributed by atoms with van der Waals surface area (Å²) in [6.07, 6.45) is 1.75. The first kappa shape index (κ1) is 28.4. The van der Waals surface area contributed by atoms with Gasteiger partial charge in [0.1, 0.15) is 5.82 Å². The van der Waals surface area contributed by atoms with Gasteiger partial charge in [0.25, 0.3) is 11.8 Å². The molecule has 0 saturated carbocycles. The van der Waals surface area contributed by atoms with Crippen LogP contribution in [0.1, 0.15) is 25.0 Å². The number of benzene rings is 3. The van der Waals surface area contributed by atoms with Crippen LogP contribution < -0.4 is 14.8 Å². The highest BCUT2D eigenvalue weighted by atomic mass is 79.9. The zero-order valence-corrected chi connectivity index (χ0v) is 24.1. The molecule has 0 bridgehead atoms. The molecule has 10 heteroatoms. The Hall–Kier alpha value is -3.63. The van der Waals surface area contributed by atoms with Crippen molar-refractivity contribution in [3.05, 3.63) is 87.0 Å². The average Bonchev–Trinajstić information content (AvgIpc) is 3.19. The summed E-state index contributed by atoms with van der Waals surface area (Å²) in [6.45, 7) is 6.30. The largest absolute Gasteiger partial charge is 0.490 e. The van der Waals surface area contributed by atoms with Gasteiger partial charge in [-0.1, -0.05) is 17.7 Å². The molecule has 1 fully saturated rings. The third kappa shape index (κ3) is 7.27. The molecule has 0 radical (unpaired) electrons. The van der Waals surface area contributed by atoms with Crippen molar-refractivity contribution in [2.45, 2.75) is 20.8 Å². The normalized spacial score (nSPS) is 15.2. The van der Waals surface area contributed by atoms with E-state index in [9.17, 15) is 14.0 Å². The minimum Gasteiger partial charge on any atom is -0.490 e. The fourth-order valence-corrected chi connectivity index (χ4v) is 5.33. The summed E-state index contributed by atoms with van der Waals surface area (Å²) in [5, 5.41) is 3.32. The second-order valence-corrected chi connectivity index (χ2v) is 10.4. The Morgan fingerprint density at radius 3 is 2.49 bits per heavy atom. The number of hydrogen-bond acceptors (Lipinski definition) is 6. The van der Waals surface area contributed by atoms with E-state index in [4.69, 9.17) is 9.47 Å². The van der Waals surface area contributed by atoms with Gasteiger partial charge in [0.05, 0.1) is 21.7 Å². The molecule has 0 spiro atoms. The van der Waals surface area contributed by atoms with Crippen LogP contribution in [-0.2, 0) is 9.59 Å². The number of anilines is 1. The third-order valence-electron chi connectivity index (χ3n) is 5.57. The molecule has 1 aliphatic heterocycles. The summed E-state index contributed by atoms with van der Waals surface area (Å²) < 4.78 is 25.5. The van der Waals surface area contributed by atoms with Gasteiger partial charge < -0.3 is 14.8 Å². The van der Waals surface area contributed by atoms with Gasteiger partial charge in [0.2, 0.25) is 0 Å². The predicted molar refractivity (Wildman–Crippen MR) is 157 cm³/mol. The lowest BCUT2D eigenvalue weighted by molar-refractivity contribution is -0.122. The molecule has 0 aromatic heterocycles. The number of rotatable bonds is 9. The number of aliphatic imine (C=N–C) groups is 1. The molecule has 1 aliphatic rings. The fourth-order valence-electron chi connectivity index (χ4n) is 3.69. The highest BCUT2D eigenvalue weighted by Gasteiger charge is 2.32. The Labute approximate surface area is 239 Å². The summed E-state index contributed by atoms with van der Waals surface area (Å²) in [4.78, 5) is 32.1. The van der Waals surface area contributed by atoms with E-state index in [0.717, 1.165) is 5.56 Å². The number of carbonyl (C=O) groups is 2. The van der Waals surface area contributed by atoms with Crippen LogP contribution in [0.4, 0.5) is 15.8 Å². The number of carbonyl (C=O) groups excluding carboxylic acids is 2. The van der Waals surface area contributed by atoms with Gasteiger partial charge in [-0.2, -0.15) is 0 Å². The molecule has 0 atom stereocenters. The van der Waals surface area contributed by atoms with Gasteiger partial charge in [-0.25, -0.2) is 9.38 Å². The van der Waals surface area contributed by atoms with Crippen molar-refractivity contribution < 1.29 is 23.5 Å². The number of thioether (sulfide) groups is 1. The van der Waals surface area contributed by atoms with Gasteiger partial charge in [-0.3, -0.25) is 14.5 Å². The monoisotopic (exact) mass is 611 g/mol. The minimum atomic E-state index is -0.350. The number of halogens is 2. The first-order valence-electron chi connectivity index (χ1n) is 12.3. The highest BCUT2D eigenvalue weighted by molar-refractivity contribution is 9.10.